The lowest BCUT2D eigenvalue weighted by molar-refractivity contribution is -0.128. The maximum Gasteiger partial charge on any atom is 0.270 e. The Morgan fingerprint density at radius 1 is 0.365 bits per heavy atom. The van der Waals surface area contributed by atoms with Crippen LogP contribution in [0.3, 0.4) is 0 Å². The highest BCUT2D eigenvalue weighted by Gasteiger charge is 2.28. The van der Waals surface area contributed by atoms with E-state index in [4.69, 9.17) is 23.2 Å². The highest BCUT2D eigenvalue weighted by molar-refractivity contribution is 6.31. The van der Waals surface area contributed by atoms with Gasteiger partial charge in [-0.05, 0) is 195 Å². The van der Waals surface area contributed by atoms with Crippen LogP contribution >= 0.6 is 23.2 Å². The molecular weight excluding hydrogens is 1780 g/mol. The molecular formula is C105H99Cl2F3N20O7. The number of amides is 7. The lowest BCUT2D eigenvalue weighted by Crippen LogP contribution is -2.43. The van der Waals surface area contributed by atoms with Gasteiger partial charge >= 0.3 is 0 Å². The smallest absolute Gasteiger partial charge is 0.270 e. The first-order valence-electron chi connectivity index (χ1n) is 45.7. The molecule has 0 unspecified atom stereocenters. The number of rotatable bonds is 25. The van der Waals surface area contributed by atoms with Crippen molar-refractivity contribution in [2.24, 2.45) is 0 Å². The second kappa shape index (κ2) is 43.0. The van der Waals surface area contributed by atoms with Crippen LogP contribution in [-0.2, 0) is 14.4 Å². The minimum atomic E-state index is -0.833. The summed E-state index contributed by atoms with van der Waals surface area (Å²) >= 11 is 12.1. The van der Waals surface area contributed by atoms with Crippen molar-refractivity contribution in [3.63, 3.8) is 0 Å². The van der Waals surface area contributed by atoms with E-state index in [1.54, 1.807) is 93.1 Å². The molecule has 4 aromatic carbocycles. The monoisotopic (exact) mass is 1880 g/mol. The minimum Gasteiger partial charge on any atom is -0.351 e. The molecule has 20 rings (SSSR count). The van der Waals surface area contributed by atoms with Gasteiger partial charge in [0, 0.05) is 212 Å². The van der Waals surface area contributed by atoms with E-state index < -0.39 is 11.6 Å². The maximum absolute atomic E-state index is 14.7. The number of benzene rings is 4. The van der Waals surface area contributed by atoms with Gasteiger partial charge in [-0.1, -0.05) is 95.0 Å². The maximum atomic E-state index is 14.7. The molecule has 4 saturated heterocycles. The molecule has 0 saturated carbocycles. The predicted molar refractivity (Wildman–Crippen MR) is 521 cm³/mol. The SMILES string of the molecule is CN1CCC(NC(=O)c2cnc3ccc(-c4cccnc4-c4cc(Cl)c(F)cc4F)cn23)CC1.Cc1ccc(F)c(-c2ncccc2-c2ccc3ncc(C(=O)NCCCN4CCCC4=O)n3c2)c1.Cc1cccc(-c2ncccc2-c2ccc3ncc(C(=O)NCCCN4CCCC4=O)n3c2)c1.O=C(NCCCN1CCCC1=O)c1cnc2ccc(-c3cccnc3-c3cccc(Cl)c3)cn12. The van der Waals surface area contributed by atoms with E-state index in [-0.39, 0.29) is 63.8 Å². The van der Waals surface area contributed by atoms with Gasteiger partial charge in [-0.3, -0.25) is 71.1 Å². The molecule has 4 aliphatic heterocycles. The van der Waals surface area contributed by atoms with Gasteiger partial charge in [0.1, 0.15) is 62.8 Å². The first kappa shape index (κ1) is 93.7. The van der Waals surface area contributed by atoms with Crippen LogP contribution in [0.25, 0.3) is 112 Å². The van der Waals surface area contributed by atoms with Gasteiger partial charge in [0.05, 0.1) is 52.6 Å². The second-order valence-corrected chi connectivity index (χ2v) is 35.0. The van der Waals surface area contributed by atoms with Gasteiger partial charge < -0.3 is 40.9 Å². The third-order valence-electron chi connectivity index (χ3n) is 24.7. The predicted octanol–water partition coefficient (Wildman–Crippen LogP) is 17.6. The van der Waals surface area contributed by atoms with Gasteiger partial charge in [-0.25, -0.2) is 33.1 Å². The van der Waals surface area contributed by atoms with E-state index >= 15 is 0 Å². The Morgan fingerprint density at radius 2 is 0.737 bits per heavy atom. The number of fused-ring (bicyclic) bond motifs is 4. The number of carbonyl (C=O) groups excluding carboxylic acids is 7. The summed E-state index contributed by atoms with van der Waals surface area (Å²) < 4.78 is 50.0. The molecule has 16 heterocycles. The average molecular weight is 1880 g/mol. The lowest BCUT2D eigenvalue weighted by Gasteiger charge is -2.29. The van der Waals surface area contributed by atoms with E-state index in [9.17, 15) is 46.7 Å². The topological polar surface area (TPSA) is 301 Å². The van der Waals surface area contributed by atoms with Gasteiger partial charge in [-0.2, -0.15) is 0 Å². The highest BCUT2D eigenvalue weighted by atomic mass is 35.5. The van der Waals surface area contributed by atoms with Crippen LogP contribution in [0.5, 0.6) is 0 Å². The van der Waals surface area contributed by atoms with Crippen molar-refractivity contribution in [1.29, 1.82) is 0 Å². The molecule has 4 aliphatic rings. The molecule has 0 atom stereocenters. The number of pyridine rings is 8. The quantitative estimate of drug-likeness (QED) is 0.0305. The summed E-state index contributed by atoms with van der Waals surface area (Å²) in [7, 11) is 2.07. The van der Waals surface area contributed by atoms with Crippen LogP contribution in [0.4, 0.5) is 13.2 Å². The Bertz CT molecular complexity index is 7010. The number of imidazole rings is 4. The van der Waals surface area contributed by atoms with Crippen molar-refractivity contribution < 1.29 is 46.7 Å². The Balaban J connectivity index is 0.000000127. The molecule has 7 amide bonds. The molecule has 0 bridgehead atoms. The minimum absolute atomic E-state index is 0.0907. The molecule has 0 aliphatic carbocycles. The zero-order valence-corrected chi connectivity index (χ0v) is 77.2. The van der Waals surface area contributed by atoms with Gasteiger partial charge in [0.15, 0.2) is 0 Å². The van der Waals surface area contributed by atoms with Crippen molar-refractivity contribution in [2.45, 2.75) is 90.5 Å². The van der Waals surface area contributed by atoms with Crippen LogP contribution in [0.15, 0.2) is 250 Å². The summed E-state index contributed by atoms with van der Waals surface area (Å²) in [4.78, 5) is 130. The summed E-state index contributed by atoms with van der Waals surface area (Å²) in [5.74, 6) is -2.14. The largest absolute Gasteiger partial charge is 0.351 e. The molecule has 16 aromatic rings. The summed E-state index contributed by atoms with van der Waals surface area (Å²) in [6, 6.07) is 53.1. The first-order chi connectivity index (χ1) is 66.6. The number of likely N-dealkylation sites (tertiary alicyclic amines) is 4. The third kappa shape index (κ3) is 22.0. The summed E-state index contributed by atoms with van der Waals surface area (Å²) in [5, 5.41) is 12.4. The standard InChI is InChI=1S/C27H26FN5O2.C27H27N5O2.C26H24ClN5O2.C25H22ClF2N5O/c1-18-7-9-22(28)21(15-18)26-20(5-2-11-29-26)19-8-10-24-31-16-23(33(24)17-19)27(35)30-12-4-14-32-13-3-6-25(32)34;1-19-6-2-7-20(16-19)26-22(8-3-12-28-26)21-10-11-24-30-17-23(32(24)18-21)27(34)29-13-5-15-31-14-4-9-25(31)33;27-20-6-1-5-18(15-20)25-21(7-2-11-28-25)19-9-10-23-30-16-22(32(23)17-19)26(34)29-12-4-14-31-13-3-8-24(31)33;1-32-9-6-16(7-10-32)31-25(34)22-13-30-23-5-4-15(14-33(22)23)17-3-2-8-29-24(17)18-11-19(26)21(28)12-20(18)27/h2,5,7-11,15-17H,3-4,6,12-14H2,1H3,(H,30,35);2-3,6-8,10-12,16-18H,4-5,9,13-15H2,1H3,(H,29,34);1-2,5-7,9-11,15-17H,3-4,8,12-14H2,(H,29,34);2-5,8,11-14,16H,6-7,9-10H2,1H3,(H,31,34). The molecule has 0 spiro atoms. The highest BCUT2D eigenvalue weighted by Crippen LogP contribution is 2.39. The molecule has 696 valence electrons. The second-order valence-electron chi connectivity index (χ2n) is 34.2. The zero-order chi connectivity index (χ0) is 95.2. The molecule has 137 heavy (non-hydrogen) atoms. The Kier molecular flexibility index (Phi) is 29.4. The first-order valence-corrected chi connectivity index (χ1v) is 46.5. The number of aromatic nitrogens is 12. The zero-order valence-electron chi connectivity index (χ0n) is 75.7. The van der Waals surface area contributed by atoms with E-state index in [0.29, 0.717) is 143 Å². The van der Waals surface area contributed by atoms with Crippen LogP contribution < -0.4 is 21.3 Å². The number of hydrogen-bond acceptors (Lipinski definition) is 16. The molecule has 32 heteroatoms. The Hall–Kier alpha value is -15.1. The molecule has 0 radical (unpaired) electrons. The van der Waals surface area contributed by atoms with E-state index in [1.807, 2.05) is 154 Å². The fraction of sp³-hybridized carbons (Fsp3) is 0.248. The van der Waals surface area contributed by atoms with Gasteiger partial charge in [-0.15, -0.1) is 0 Å². The molecule has 12 aromatic heterocycles. The molecule has 4 N–H and O–H groups in total. The Morgan fingerprint density at radius 3 is 1.13 bits per heavy atom. The van der Waals surface area contributed by atoms with Crippen molar-refractivity contribution in [3.05, 3.63) is 312 Å². The molecule has 27 nitrogen and oxygen atoms in total. The van der Waals surface area contributed by atoms with Crippen molar-refractivity contribution in [3.8, 4) is 89.5 Å². The van der Waals surface area contributed by atoms with E-state index in [1.165, 1.54) is 23.9 Å². The average Bonchev–Trinajstić information content (AvgIpc) is 1.75. The van der Waals surface area contributed by atoms with Gasteiger partial charge in [0.25, 0.3) is 23.6 Å². The Labute approximate surface area is 798 Å². The van der Waals surface area contributed by atoms with Gasteiger partial charge in [0.2, 0.25) is 17.7 Å². The number of carbonyl (C=O) groups is 7. The third-order valence-corrected chi connectivity index (χ3v) is 25.2. The van der Waals surface area contributed by atoms with Crippen LogP contribution in [0, 0.1) is 31.3 Å². The summed E-state index contributed by atoms with van der Waals surface area (Å²) in [6.45, 7) is 11.8. The number of nitrogens with one attached hydrogen (secondary N) is 4. The van der Waals surface area contributed by atoms with Crippen molar-refractivity contribution >= 4 is 87.1 Å². The van der Waals surface area contributed by atoms with E-state index in [2.05, 4.69) is 98.2 Å². The fourth-order valence-electron chi connectivity index (χ4n) is 17.5. The number of piperidine rings is 1. The normalized spacial score (nSPS) is 13.9. The van der Waals surface area contributed by atoms with Crippen LogP contribution in [0.1, 0.15) is 124 Å². The van der Waals surface area contributed by atoms with E-state index in [0.717, 1.165) is 145 Å². The van der Waals surface area contributed by atoms with Crippen molar-refractivity contribution in [2.75, 3.05) is 79.0 Å². The van der Waals surface area contributed by atoms with Crippen LogP contribution in [0.2, 0.25) is 10.0 Å². The lowest BCUT2D eigenvalue weighted by atomic mass is 9.99. The number of nitrogens with zero attached hydrogens (tertiary/aromatic N) is 16. The number of aryl methyl sites for hydroxylation is 2. The van der Waals surface area contributed by atoms with Crippen LogP contribution in [-0.4, -0.2) is 204 Å². The molecule has 4 fully saturated rings. The summed E-state index contributed by atoms with van der Waals surface area (Å²) in [6.07, 6.45) is 29.0. The number of hydrogen-bond donors (Lipinski definition) is 4. The number of halogens is 5. The van der Waals surface area contributed by atoms with Crippen molar-refractivity contribution in [1.82, 2.24) is 98.3 Å². The fourth-order valence-corrected chi connectivity index (χ4v) is 17.9. The summed E-state index contributed by atoms with van der Waals surface area (Å²) in [5.41, 5.74) is 18.2.